The summed E-state index contributed by atoms with van der Waals surface area (Å²) in [5, 5.41) is 28.2. The average Bonchev–Trinajstić information content (AvgIpc) is 0.733. The van der Waals surface area contributed by atoms with Crippen molar-refractivity contribution in [3.05, 3.63) is 302 Å². The fourth-order valence-corrected chi connectivity index (χ4v) is 24.3. The number of hydrogen-bond acceptors (Lipinski definition) is 5. The second kappa shape index (κ2) is 27.9. The molecule has 16 aromatic carbocycles. The van der Waals surface area contributed by atoms with Gasteiger partial charge in [-0.25, -0.2) is 4.98 Å². The molecule has 0 aliphatic heterocycles. The molecule has 101 heavy (non-hydrogen) atoms. The summed E-state index contributed by atoms with van der Waals surface area (Å²) in [7, 11) is -8.05. The number of pyridine rings is 2. The summed E-state index contributed by atoms with van der Waals surface area (Å²) in [5.74, 6) is 0. The molecule has 0 amide bonds. The Hall–Kier alpha value is -9.85. The van der Waals surface area contributed by atoms with Crippen LogP contribution in [0.5, 0.6) is 0 Å². The van der Waals surface area contributed by atoms with E-state index in [4.69, 9.17) is 4.98 Å². The van der Waals surface area contributed by atoms with E-state index in [2.05, 4.69) is 231 Å². The molecular formula is C93H81N2O3P3. The van der Waals surface area contributed by atoms with E-state index in [0.717, 1.165) is 101 Å². The molecule has 0 radical (unpaired) electrons. The van der Waals surface area contributed by atoms with Crippen LogP contribution in [0, 0.1) is 0 Å². The highest BCUT2D eigenvalue weighted by molar-refractivity contribution is 7.79. The molecule has 0 atom stereocenters. The summed E-state index contributed by atoms with van der Waals surface area (Å²) in [5.41, 5.74) is 5.87. The maximum Gasteiger partial charge on any atom is 0.141 e. The third-order valence-corrected chi connectivity index (χ3v) is 30.2. The highest BCUT2D eigenvalue weighted by atomic mass is 31.2. The van der Waals surface area contributed by atoms with Gasteiger partial charge in [-0.3, -0.25) is 4.98 Å². The molecule has 2 heterocycles. The van der Waals surface area contributed by atoms with Crippen molar-refractivity contribution in [2.24, 2.45) is 0 Å². The Morgan fingerprint density at radius 3 is 1.11 bits per heavy atom. The maximum atomic E-state index is 14.9. The summed E-state index contributed by atoms with van der Waals surface area (Å²) in [4.78, 5) is 9.54. The molecule has 0 spiro atoms. The molecule has 8 heteroatoms. The van der Waals surface area contributed by atoms with Crippen LogP contribution < -0.4 is 21.2 Å². The third kappa shape index (κ3) is 12.6. The van der Waals surface area contributed by atoms with Gasteiger partial charge in [0.05, 0.1) is 16.7 Å². The molecular weight excluding hydrogens is 1290 g/mol. The van der Waals surface area contributed by atoms with Gasteiger partial charge in [-0.05, 0) is 152 Å². The molecule has 0 fully saturated rings. The second-order valence-corrected chi connectivity index (χ2v) is 36.7. The fourth-order valence-electron chi connectivity index (χ4n) is 16.1. The van der Waals surface area contributed by atoms with Crippen LogP contribution in [0.25, 0.3) is 130 Å². The average molecular weight is 1370 g/mol. The van der Waals surface area contributed by atoms with E-state index in [1.165, 1.54) is 125 Å². The van der Waals surface area contributed by atoms with Gasteiger partial charge in [0, 0.05) is 68.4 Å². The summed E-state index contributed by atoms with van der Waals surface area (Å²) >= 11 is 0. The summed E-state index contributed by atoms with van der Waals surface area (Å²) in [6, 6.07) is 99.4. The summed E-state index contributed by atoms with van der Waals surface area (Å²) in [6.07, 6.45) is 14.1. The Labute approximate surface area is 591 Å². The molecule has 0 aliphatic carbocycles. The van der Waals surface area contributed by atoms with Gasteiger partial charge in [0.1, 0.15) is 21.4 Å². The SMILES string of the molecule is CCCCCCP(=O)(CCCCCC)c1ccc2ccc3cccc4ccc1c2c34.CP(=O)(c1ccc2ccc3cccc4ccc1c2c34)c1ccc2ccc3cccc4ccc1c2c34.O=P(Cc1ccccc1)(Cc1ccccc1)c1ccc(-c2ccc3ccc4cccnc4c3n2)cc1. The molecule has 0 saturated heterocycles. The number of unbranched alkanes of at least 4 members (excludes halogenated alkanes) is 6. The smallest absolute Gasteiger partial charge is 0.141 e. The molecule has 0 aliphatic rings. The molecule has 0 N–H and O–H groups in total. The lowest BCUT2D eigenvalue weighted by Crippen LogP contribution is -2.17. The van der Waals surface area contributed by atoms with E-state index in [1.807, 2.05) is 85.7 Å². The largest absolute Gasteiger partial charge is 0.319 e. The predicted octanol–water partition coefficient (Wildman–Crippen LogP) is 25.0. The van der Waals surface area contributed by atoms with Gasteiger partial charge in [-0.1, -0.05) is 313 Å². The zero-order valence-corrected chi connectivity index (χ0v) is 60.3. The van der Waals surface area contributed by atoms with Crippen molar-refractivity contribution in [1.82, 2.24) is 9.97 Å². The predicted molar refractivity (Wildman–Crippen MR) is 439 cm³/mol. The Bertz CT molecular complexity index is 5930. The minimum absolute atomic E-state index is 0.536. The number of nitrogens with zero attached hydrogens (tertiary/aromatic N) is 2. The Kier molecular flexibility index (Phi) is 18.2. The molecule has 0 bridgehead atoms. The highest BCUT2D eigenvalue weighted by Gasteiger charge is 2.31. The van der Waals surface area contributed by atoms with Crippen molar-refractivity contribution in [3.63, 3.8) is 0 Å². The van der Waals surface area contributed by atoms with Crippen LogP contribution in [-0.2, 0) is 26.0 Å². The number of hydrogen-bond donors (Lipinski definition) is 0. The van der Waals surface area contributed by atoms with E-state index in [-0.39, 0.29) is 0 Å². The number of aromatic nitrogens is 2. The number of benzene rings is 16. The van der Waals surface area contributed by atoms with E-state index in [0.29, 0.717) is 12.3 Å². The zero-order chi connectivity index (χ0) is 68.7. The first-order chi connectivity index (χ1) is 49.5. The summed E-state index contributed by atoms with van der Waals surface area (Å²) < 4.78 is 43.9. The molecule has 0 saturated carbocycles. The quantitative estimate of drug-likeness (QED) is 0.0458. The van der Waals surface area contributed by atoms with Gasteiger partial charge in [0.15, 0.2) is 0 Å². The van der Waals surface area contributed by atoms with Gasteiger partial charge in [-0.15, -0.1) is 0 Å². The molecule has 18 rings (SSSR count). The zero-order valence-electron chi connectivity index (χ0n) is 57.7. The van der Waals surface area contributed by atoms with E-state index >= 15 is 0 Å². The molecule has 0 unspecified atom stereocenters. The molecule has 18 aromatic rings. The van der Waals surface area contributed by atoms with Crippen LogP contribution in [-0.4, -0.2) is 29.0 Å². The minimum Gasteiger partial charge on any atom is -0.319 e. The van der Waals surface area contributed by atoms with Crippen molar-refractivity contribution >= 4 is 161 Å². The first-order valence-electron chi connectivity index (χ1n) is 36.1. The maximum absolute atomic E-state index is 14.9. The lowest BCUT2D eigenvalue weighted by atomic mass is 9.94. The number of rotatable bonds is 19. The van der Waals surface area contributed by atoms with Crippen LogP contribution in [0.2, 0.25) is 0 Å². The number of fused-ring (bicyclic) bond motifs is 3. The second-order valence-electron chi connectivity index (χ2n) is 27.8. The Morgan fingerprint density at radius 2 is 0.663 bits per heavy atom. The van der Waals surface area contributed by atoms with Crippen LogP contribution in [0.15, 0.2) is 291 Å². The van der Waals surface area contributed by atoms with E-state index in [1.54, 1.807) is 0 Å². The van der Waals surface area contributed by atoms with Crippen molar-refractivity contribution in [3.8, 4) is 11.3 Å². The first kappa shape index (κ1) is 65.7. The third-order valence-electron chi connectivity index (χ3n) is 21.2. The highest BCUT2D eigenvalue weighted by Crippen LogP contribution is 2.53. The first-order valence-corrected chi connectivity index (χ1v) is 42.4. The van der Waals surface area contributed by atoms with Gasteiger partial charge in [0.25, 0.3) is 0 Å². The monoisotopic (exact) mass is 1370 g/mol. The normalized spacial score (nSPS) is 12.3. The lowest BCUT2D eigenvalue weighted by molar-refractivity contribution is 0.572. The van der Waals surface area contributed by atoms with Crippen LogP contribution >= 0.6 is 21.4 Å². The minimum atomic E-state index is -2.91. The summed E-state index contributed by atoms with van der Waals surface area (Å²) in [6.45, 7) is 6.43. The fraction of sp³-hybridized carbons (Fsp3) is 0.161. The van der Waals surface area contributed by atoms with E-state index < -0.39 is 21.4 Å². The van der Waals surface area contributed by atoms with E-state index in [9.17, 15) is 13.7 Å². The topological polar surface area (TPSA) is 77.0 Å². The van der Waals surface area contributed by atoms with Crippen LogP contribution in [0.1, 0.15) is 76.3 Å². The lowest BCUT2D eigenvalue weighted by Gasteiger charge is -2.22. The molecule has 496 valence electrons. The van der Waals surface area contributed by atoms with Gasteiger partial charge < -0.3 is 13.7 Å². The van der Waals surface area contributed by atoms with Gasteiger partial charge in [-0.2, -0.15) is 0 Å². The van der Waals surface area contributed by atoms with Crippen molar-refractivity contribution < 1.29 is 13.7 Å². The van der Waals surface area contributed by atoms with Gasteiger partial charge in [0.2, 0.25) is 0 Å². The van der Waals surface area contributed by atoms with Crippen molar-refractivity contribution in [2.75, 3.05) is 19.0 Å². The van der Waals surface area contributed by atoms with Crippen molar-refractivity contribution in [1.29, 1.82) is 0 Å². The van der Waals surface area contributed by atoms with Gasteiger partial charge >= 0.3 is 0 Å². The molecule has 5 nitrogen and oxygen atoms in total. The van der Waals surface area contributed by atoms with Crippen molar-refractivity contribution in [2.45, 2.75) is 77.5 Å². The Balaban J connectivity index is 0.000000118. The molecule has 2 aromatic heterocycles. The standard InChI is InChI=1S/C33H21OP.C32H25N2OP.C28H35OP/c1-35(34,28-18-14-24-10-8-20-4-2-6-22-12-16-26(28)32(24)30(20)22)29-19-15-25-11-9-21-5-3-7-23-13-17-27(29)33(25)31(21)23;35-36(22-24-8-3-1-4-9-24,23-25-10-5-2-6-11-25)29-18-15-26(16-19-29)30-20-17-28-14-13-27-12-7-21-33-31(27)32(28)34-30;1-3-5-7-9-20-30(29,21-10-8-6-4-2)26-19-17-24-15-14-22-12-11-13-23-16-18-25(26)28(24)27(22)23/h2-19H,1H3;1-21H,22-23H2;11-19H,3-10,20-21H2,1-2H3. The Morgan fingerprint density at radius 1 is 0.297 bits per heavy atom. The van der Waals surface area contributed by atoms with Crippen LogP contribution in [0.3, 0.4) is 0 Å². The van der Waals surface area contributed by atoms with Crippen LogP contribution in [0.4, 0.5) is 0 Å².